The molecule has 0 aliphatic carbocycles. The quantitative estimate of drug-likeness (QED) is 0.754. The van der Waals surface area contributed by atoms with Crippen LogP contribution in [0.2, 0.25) is 0 Å². The summed E-state index contributed by atoms with van der Waals surface area (Å²) in [6, 6.07) is 6.87. The summed E-state index contributed by atoms with van der Waals surface area (Å²) in [6.07, 6.45) is 0.360. The molecule has 1 fully saturated rings. The van der Waals surface area contributed by atoms with E-state index in [4.69, 9.17) is 34.8 Å². The van der Waals surface area contributed by atoms with Crippen LogP contribution in [-0.4, -0.2) is 29.6 Å². The van der Waals surface area contributed by atoms with Crippen molar-refractivity contribution in [1.29, 1.82) is 0 Å². The fourth-order valence-corrected chi connectivity index (χ4v) is 4.80. The summed E-state index contributed by atoms with van der Waals surface area (Å²) in [5.74, 6) is 0.221. The van der Waals surface area contributed by atoms with E-state index in [1.807, 2.05) is 13.8 Å². The molecule has 2 rings (SSSR count). The van der Waals surface area contributed by atoms with E-state index in [0.717, 1.165) is 5.56 Å². The molecule has 21 heavy (non-hydrogen) atoms. The Balaban J connectivity index is 2.17. The Labute approximate surface area is 141 Å². The van der Waals surface area contributed by atoms with Crippen LogP contribution in [0.3, 0.4) is 0 Å². The molecule has 0 bridgehead atoms. The molecule has 2 atom stereocenters. The number of benzene rings is 1. The summed E-state index contributed by atoms with van der Waals surface area (Å²) in [5.41, 5.74) is 1.03. The second-order valence-electron chi connectivity index (χ2n) is 5.69. The second-order valence-corrected chi connectivity index (χ2v) is 10.1. The molecule has 118 valence electrons. The van der Waals surface area contributed by atoms with Crippen LogP contribution in [0.5, 0.6) is 0 Å². The number of halogens is 3. The first-order valence-corrected chi connectivity index (χ1v) is 9.30. The van der Waals surface area contributed by atoms with E-state index < -0.39 is 13.8 Å². The molecule has 1 aliphatic rings. The van der Waals surface area contributed by atoms with Gasteiger partial charge in [0, 0.05) is 13.1 Å². The lowest BCUT2D eigenvalue weighted by molar-refractivity contribution is 0.423. The van der Waals surface area contributed by atoms with E-state index in [-0.39, 0.29) is 11.8 Å². The Bertz CT molecular complexity index is 596. The summed E-state index contributed by atoms with van der Waals surface area (Å²) in [6.45, 7) is 4.77. The highest BCUT2D eigenvalue weighted by atomic mass is 35.6. The molecule has 0 amide bonds. The highest BCUT2D eigenvalue weighted by Crippen LogP contribution is 2.39. The topological polar surface area (TPSA) is 37.4 Å². The van der Waals surface area contributed by atoms with Gasteiger partial charge in [0.1, 0.15) is 0 Å². The summed E-state index contributed by atoms with van der Waals surface area (Å²) < 4.78 is 25.4. The summed E-state index contributed by atoms with van der Waals surface area (Å²) in [5, 5.41) is 0. The number of nitrogens with zero attached hydrogens (tertiary/aromatic N) is 1. The molecule has 0 unspecified atom stereocenters. The molecule has 1 aliphatic heterocycles. The van der Waals surface area contributed by atoms with Gasteiger partial charge in [0.25, 0.3) is 0 Å². The van der Waals surface area contributed by atoms with Crippen LogP contribution in [0.4, 0.5) is 0 Å². The lowest BCUT2D eigenvalue weighted by Gasteiger charge is -2.19. The van der Waals surface area contributed by atoms with Gasteiger partial charge in [-0.1, -0.05) is 59.4 Å². The van der Waals surface area contributed by atoms with E-state index in [2.05, 4.69) is 0 Å². The molecule has 3 nitrogen and oxygen atoms in total. The molecule has 0 aromatic heterocycles. The van der Waals surface area contributed by atoms with Gasteiger partial charge in [-0.15, -0.1) is 0 Å². The van der Waals surface area contributed by atoms with Crippen molar-refractivity contribution in [3.05, 3.63) is 29.8 Å². The molecule has 1 aromatic carbocycles. The number of hydrogen-bond donors (Lipinski definition) is 0. The van der Waals surface area contributed by atoms with Gasteiger partial charge in [-0.05, 0) is 37.3 Å². The van der Waals surface area contributed by atoms with Crippen molar-refractivity contribution in [3.8, 4) is 0 Å². The van der Waals surface area contributed by atoms with Crippen molar-refractivity contribution in [2.24, 2.45) is 11.8 Å². The van der Waals surface area contributed by atoms with E-state index >= 15 is 0 Å². The van der Waals surface area contributed by atoms with Gasteiger partial charge < -0.3 is 0 Å². The standard InChI is InChI=1S/C14H18Cl3NO2S/c1-10-3-5-13(6-4-10)21(19,20)18-8-11(2)12(9-18)7-14(15,16)17/h3-6,11-12H,7-9H2,1-2H3/t11-,12+/m1/s1. The summed E-state index contributed by atoms with van der Waals surface area (Å²) >= 11 is 17.5. The van der Waals surface area contributed by atoms with Crippen LogP contribution < -0.4 is 0 Å². The Hall–Kier alpha value is -0.000000000000000167. The van der Waals surface area contributed by atoms with Crippen molar-refractivity contribution in [2.75, 3.05) is 13.1 Å². The zero-order valence-corrected chi connectivity index (χ0v) is 15.0. The van der Waals surface area contributed by atoms with Gasteiger partial charge in [-0.2, -0.15) is 4.31 Å². The smallest absolute Gasteiger partial charge is 0.207 e. The molecule has 0 radical (unpaired) electrons. The van der Waals surface area contributed by atoms with Crippen LogP contribution in [0, 0.1) is 18.8 Å². The minimum absolute atomic E-state index is 0.0534. The van der Waals surface area contributed by atoms with Crippen LogP contribution in [0.25, 0.3) is 0 Å². The van der Waals surface area contributed by atoms with Crippen molar-refractivity contribution in [3.63, 3.8) is 0 Å². The zero-order chi connectivity index (χ0) is 15.8. The first-order chi connectivity index (χ1) is 9.59. The van der Waals surface area contributed by atoms with Gasteiger partial charge in [0.2, 0.25) is 10.0 Å². The van der Waals surface area contributed by atoms with Gasteiger partial charge >= 0.3 is 0 Å². The Morgan fingerprint density at radius 2 is 1.76 bits per heavy atom. The molecule has 1 heterocycles. The molecule has 0 N–H and O–H groups in total. The zero-order valence-electron chi connectivity index (χ0n) is 11.9. The third-order valence-electron chi connectivity index (χ3n) is 3.89. The Kier molecular flexibility index (Phi) is 5.16. The molecule has 1 saturated heterocycles. The maximum absolute atomic E-state index is 12.6. The van der Waals surface area contributed by atoms with E-state index in [9.17, 15) is 8.42 Å². The Morgan fingerprint density at radius 1 is 1.19 bits per heavy atom. The number of aryl methyl sites for hydroxylation is 1. The molecular formula is C14H18Cl3NO2S. The third kappa shape index (κ3) is 4.26. The van der Waals surface area contributed by atoms with E-state index in [1.165, 1.54) is 4.31 Å². The summed E-state index contributed by atoms with van der Waals surface area (Å²) in [4.78, 5) is 0.315. The summed E-state index contributed by atoms with van der Waals surface area (Å²) in [7, 11) is -3.47. The molecule has 7 heteroatoms. The number of sulfonamides is 1. The van der Waals surface area contributed by atoms with Gasteiger partial charge in [-0.25, -0.2) is 8.42 Å². The monoisotopic (exact) mass is 369 g/mol. The maximum Gasteiger partial charge on any atom is 0.243 e. The van der Waals surface area contributed by atoms with Crippen molar-refractivity contribution < 1.29 is 8.42 Å². The molecule has 1 aromatic rings. The van der Waals surface area contributed by atoms with Crippen LogP contribution in [0.15, 0.2) is 29.2 Å². The van der Waals surface area contributed by atoms with Crippen LogP contribution in [-0.2, 0) is 10.0 Å². The van der Waals surface area contributed by atoms with Crippen molar-refractivity contribution >= 4 is 44.8 Å². The average molecular weight is 371 g/mol. The SMILES string of the molecule is Cc1ccc(S(=O)(=O)N2C[C@H](CC(Cl)(Cl)Cl)[C@H](C)C2)cc1. The fraction of sp³-hybridized carbons (Fsp3) is 0.571. The first-order valence-electron chi connectivity index (χ1n) is 6.73. The lowest BCUT2D eigenvalue weighted by atomic mass is 9.95. The van der Waals surface area contributed by atoms with E-state index in [1.54, 1.807) is 24.3 Å². The van der Waals surface area contributed by atoms with E-state index in [0.29, 0.717) is 24.4 Å². The predicted molar refractivity (Wildman–Crippen MR) is 87.5 cm³/mol. The van der Waals surface area contributed by atoms with Crippen molar-refractivity contribution in [1.82, 2.24) is 4.31 Å². The van der Waals surface area contributed by atoms with Gasteiger partial charge in [0.05, 0.1) is 4.90 Å². The minimum atomic E-state index is -3.47. The Morgan fingerprint density at radius 3 is 2.29 bits per heavy atom. The average Bonchev–Trinajstić information content (AvgIpc) is 2.70. The number of hydrogen-bond acceptors (Lipinski definition) is 2. The number of alkyl halides is 3. The maximum atomic E-state index is 12.6. The van der Waals surface area contributed by atoms with Crippen molar-refractivity contribution in [2.45, 2.75) is 29.0 Å². The van der Waals surface area contributed by atoms with Gasteiger partial charge in [-0.3, -0.25) is 0 Å². The van der Waals surface area contributed by atoms with Crippen LogP contribution >= 0.6 is 34.8 Å². The lowest BCUT2D eigenvalue weighted by Crippen LogP contribution is -2.29. The van der Waals surface area contributed by atoms with Crippen LogP contribution in [0.1, 0.15) is 18.9 Å². The molecular weight excluding hydrogens is 353 g/mol. The number of rotatable bonds is 3. The largest absolute Gasteiger partial charge is 0.243 e. The van der Waals surface area contributed by atoms with Gasteiger partial charge in [0.15, 0.2) is 3.79 Å². The highest BCUT2D eigenvalue weighted by Gasteiger charge is 2.40. The predicted octanol–water partition coefficient (Wildman–Crippen LogP) is 4.01. The highest BCUT2D eigenvalue weighted by molar-refractivity contribution is 7.89. The first kappa shape index (κ1) is 17.4. The molecule has 0 saturated carbocycles. The third-order valence-corrected chi connectivity index (χ3v) is 6.20. The molecule has 0 spiro atoms. The fourth-order valence-electron chi connectivity index (χ4n) is 2.60. The minimum Gasteiger partial charge on any atom is -0.207 e. The normalized spacial score (nSPS) is 24.4. The second kappa shape index (κ2) is 6.25.